The van der Waals surface area contributed by atoms with Crippen LogP contribution >= 0.6 is 0 Å². The van der Waals surface area contributed by atoms with E-state index in [2.05, 4.69) is 23.8 Å². The Balaban J connectivity index is 1.97. The van der Waals surface area contributed by atoms with Crippen LogP contribution in [0.2, 0.25) is 0 Å². The maximum Gasteiger partial charge on any atom is 0.219 e. The average Bonchev–Trinajstić information content (AvgIpc) is 2.38. The first-order valence-electron chi connectivity index (χ1n) is 7.36. The van der Waals surface area contributed by atoms with Gasteiger partial charge in [0, 0.05) is 12.7 Å². The average molecular weight is 279 g/mol. The Morgan fingerprint density at radius 2 is 2.00 bits per heavy atom. The number of nitrogens with zero attached hydrogens (tertiary/aromatic N) is 2. The quantitative estimate of drug-likeness (QED) is 0.897. The first kappa shape index (κ1) is 15.0. The topological polar surface area (TPSA) is 70.3 Å². The van der Waals surface area contributed by atoms with Crippen molar-refractivity contribution in [3.63, 3.8) is 0 Å². The molecule has 0 radical (unpaired) electrons. The van der Waals surface area contributed by atoms with Gasteiger partial charge in [0.15, 0.2) is 5.82 Å². The molecule has 1 aromatic rings. The van der Waals surface area contributed by atoms with Gasteiger partial charge in [0.2, 0.25) is 5.88 Å². The summed E-state index contributed by atoms with van der Waals surface area (Å²) in [5.74, 6) is 1.58. The Hall–Kier alpha value is -1.36. The molecule has 0 spiro atoms. The van der Waals surface area contributed by atoms with E-state index in [1.54, 1.807) is 6.07 Å². The SMILES string of the molecule is CCOCc1nc(N)cc(OC2CCC(C)(C)CC2)n1. The zero-order chi connectivity index (χ0) is 14.6. The summed E-state index contributed by atoms with van der Waals surface area (Å²) in [5.41, 5.74) is 6.23. The second-order valence-corrected chi connectivity index (χ2v) is 6.17. The van der Waals surface area contributed by atoms with Crippen molar-refractivity contribution in [2.75, 3.05) is 12.3 Å². The Kier molecular flexibility index (Phi) is 4.81. The lowest BCUT2D eigenvalue weighted by molar-refractivity contribution is 0.0927. The van der Waals surface area contributed by atoms with Gasteiger partial charge in [-0.05, 0) is 38.0 Å². The molecule has 0 bridgehead atoms. The Morgan fingerprint density at radius 3 is 2.65 bits per heavy atom. The molecule has 20 heavy (non-hydrogen) atoms. The van der Waals surface area contributed by atoms with Crippen LogP contribution in [-0.2, 0) is 11.3 Å². The Morgan fingerprint density at radius 1 is 1.30 bits per heavy atom. The van der Waals surface area contributed by atoms with E-state index in [0.29, 0.717) is 36.2 Å². The van der Waals surface area contributed by atoms with Crippen LogP contribution in [0.3, 0.4) is 0 Å². The van der Waals surface area contributed by atoms with Crippen molar-refractivity contribution in [2.45, 2.75) is 59.2 Å². The van der Waals surface area contributed by atoms with E-state index in [0.717, 1.165) is 12.8 Å². The predicted molar refractivity (Wildman–Crippen MR) is 78.4 cm³/mol. The molecule has 1 heterocycles. The van der Waals surface area contributed by atoms with Crippen LogP contribution in [0.5, 0.6) is 5.88 Å². The van der Waals surface area contributed by atoms with Gasteiger partial charge < -0.3 is 15.2 Å². The van der Waals surface area contributed by atoms with Gasteiger partial charge in [-0.3, -0.25) is 0 Å². The van der Waals surface area contributed by atoms with Crippen LogP contribution < -0.4 is 10.5 Å². The minimum atomic E-state index is 0.234. The highest BCUT2D eigenvalue weighted by Gasteiger charge is 2.28. The molecule has 0 aliphatic heterocycles. The molecule has 112 valence electrons. The molecule has 1 aliphatic carbocycles. The smallest absolute Gasteiger partial charge is 0.219 e. The summed E-state index contributed by atoms with van der Waals surface area (Å²) in [5, 5.41) is 0. The van der Waals surface area contributed by atoms with Crippen molar-refractivity contribution in [3.05, 3.63) is 11.9 Å². The second-order valence-electron chi connectivity index (χ2n) is 6.17. The van der Waals surface area contributed by atoms with Gasteiger partial charge >= 0.3 is 0 Å². The van der Waals surface area contributed by atoms with E-state index in [9.17, 15) is 0 Å². The monoisotopic (exact) mass is 279 g/mol. The molecule has 5 nitrogen and oxygen atoms in total. The van der Waals surface area contributed by atoms with E-state index in [1.807, 2.05) is 6.92 Å². The van der Waals surface area contributed by atoms with Crippen molar-refractivity contribution in [1.82, 2.24) is 9.97 Å². The van der Waals surface area contributed by atoms with Crippen molar-refractivity contribution in [2.24, 2.45) is 5.41 Å². The van der Waals surface area contributed by atoms with Crippen LogP contribution in [-0.4, -0.2) is 22.7 Å². The molecule has 1 aliphatic rings. The number of ether oxygens (including phenoxy) is 2. The van der Waals surface area contributed by atoms with Crippen LogP contribution in [0, 0.1) is 5.41 Å². The van der Waals surface area contributed by atoms with E-state index in [4.69, 9.17) is 15.2 Å². The van der Waals surface area contributed by atoms with Gasteiger partial charge in [-0.1, -0.05) is 13.8 Å². The van der Waals surface area contributed by atoms with Crippen molar-refractivity contribution in [3.8, 4) is 5.88 Å². The molecular formula is C15H25N3O2. The Bertz CT molecular complexity index is 439. The fourth-order valence-corrected chi connectivity index (χ4v) is 2.47. The molecule has 5 heteroatoms. The van der Waals surface area contributed by atoms with Crippen molar-refractivity contribution < 1.29 is 9.47 Å². The molecule has 1 saturated carbocycles. The van der Waals surface area contributed by atoms with Gasteiger partial charge in [-0.2, -0.15) is 4.98 Å². The molecule has 0 atom stereocenters. The van der Waals surface area contributed by atoms with E-state index < -0.39 is 0 Å². The van der Waals surface area contributed by atoms with Crippen molar-refractivity contribution in [1.29, 1.82) is 0 Å². The first-order chi connectivity index (χ1) is 9.48. The van der Waals surface area contributed by atoms with Crippen LogP contribution in [0.1, 0.15) is 52.3 Å². The molecule has 1 fully saturated rings. The summed E-state index contributed by atoms with van der Waals surface area (Å²) in [6.07, 6.45) is 4.74. The molecule has 0 unspecified atom stereocenters. The maximum absolute atomic E-state index is 5.96. The lowest BCUT2D eigenvalue weighted by Crippen LogP contribution is -2.28. The third-order valence-electron chi connectivity index (χ3n) is 3.78. The van der Waals surface area contributed by atoms with Gasteiger partial charge in [0.05, 0.1) is 0 Å². The lowest BCUT2D eigenvalue weighted by Gasteiger charge is -2.34. The van der Waals surface area contributed by atoms with E-state index >= 15 is 0 Å². The fourth-order valence-electron chi connectivity index (χ4n) is 2.47. The summed E-state index contributed by atoms with van der Waals surface area (Å²) in [6.45, 7) is 7.56. The number of anilines is 1. The summed E-state index contributed by atoms with van der Waals surface area (Å²) < 4.78 is 11.3. The summed E-state index contributed by atoms with van der Waals surface area (Å²) in [7, 11) is 0. The third kappa shape index (κ3) is 4.34. The number of rotatable bonds is 5. The van der Waals surface area contributed by atoms with Gasteiger partial charge in [0.1, 0.15) is 18.5 Å². The molecule has 0 amide bonds. The maximum atomic E-state index is 5.96. The minimum absolute atomic E-state index is 0.234. The number of nitrogens with two attached hydrogens (primary N) is 1. The van der Waals surface area contributed by atoms with Gasteiger partial charge in [-0.25, -0.2) is 4.98 Å². The van der Waals surface area contributed by atoms with E-state index in [1.165, 1.54) is 12.8 Å². The number of aromatic nitrogens is 2. The first-order valence-corrected chi connectivity index (χ1v) is 7.36. The zero-order valence-electron chi connectivity index (χ0n) is 12.7. The van der Waals surface area contributed by atoms with Gasteiger partial charge in [0.25, 0.3) is 0 Å². The predicted octanol–water partition coefficient (Wildman–Crippen LogP) is 2.94. The number of hydrogen-bond donors (Lipinski definition) is 1. The van der Waals surface area contributed by atoms with Crippen LogP contribution in [0.25, 0.3) is 0 Å². The lowest BCUT2D eigenvalue weighted by atomic mass is 9.76. The number of nitrogen functional groups attached to an aromatic ring is 1. The summed E-state index contributed by atoms with van der Waals surface area (Å²) in [6, 6.07) is 1.69. The van der Waals surface area contributed by atoms with Crippen molar-refractivity contribution >= 4 is 5.82 Å². The molecule has 0 aromatic carbocycles. The zero-order valence-corrected chi connectivity index (χ0v) is 12.7. The largest absolute Gasteiger partial charge is 0.474 e. The molecule has 2 rings (SSSR count). The third-order valence-corrected chi connectivity index (χ3v) is 3.78. The molecule has 1 aromatic heterocycles. The summed E-state index contributed by atoms with van der Waals surface area (Å²) in [4.78, 5) is 8.51. The molecular weight excluding hydrogens is 254 g/mol. The second kappa shape index (κ2) is 6.39. The molecule has 0 saturated heterocycles. The van der Waals surface area contributed by atoms with Gasteiger partial charge in [-0.15, -0.1) is 0 Å². The molecule has 2 N–H and O–H groups in total. The highest BCUT2D eigenvalue weighted by molar-refractivity contribution is 5.32. The normalized spacial score (nSPS) is 18.9. The number of hydrogen-bond acceptors (Lipinski definition) is 5. The van der Waals surface area contributed by atoms with E-state index in [-0.39, 0.29) is 6.10 Å². The minimum Gasteiger partial charge on any atom is -0.474 e. The van der Waals surface area contributed by atoms with Crippen LogP contribution in [0.15, 0.2) is 6.07 Å². The summed E-state index contributed by atoms with van der Waals surface area (Å²) >= 11 is 0. The fraction of sp³-hybridized carbons (Fsp3) is 0.733. The Labute approximate surface area is 120 Å². The van der Waals surface area contributed by atoms with Crippen LogP contribution in [0.4, 0.5) is 5.82 Å². The standard InChI is InChI=1S/C15H25N3O2/c1-4-19-10-13-17-12(16)9-14(18-13)20-11-5-7-15(2,3)8-6-11/h9,11H,4-8,10H2,1-3H3,(H2,16,17,18). The highest BCUT2D eigenvalue weighted by atomic mass is 16.5. The highest BCUT2D eigenvalue weighted by Crippen LogP contribution is 2.36.